The lowest BCUT2D eigenvalue weighted by molar-refractivity contribution is -0.151. The third kappa shape index (κ3) is 4.88. The molecule has 3 fully saturated rings. The average molecular weight is 370 g/mol. The van der Waals surface area contributed by atoms with Crippen molar-refractivity contribution in [2.75, 3.05) is 13.2 Å². The maximum Gasteiger partial charge on any atom is 0.407 e. The van der Waals surface area contributed by atoms with Gasteiger partial charge in [-0.2, -0.15) is 0 Å². The van der Waals surface area contributed by atoms with E-state index >= 15 is 0 Å². The monoisotopic (exact) mass is 370 g/mol. The highest BCUT2D eigenvalue weighted by Gasteiger charge is 2.47. The smallest absolute Gasteiger partial charge is 0.407 e. The Morgan fingerprint density at radius 3 is 2.62 bits per heavy atom. The van der Waals surface area contributed by atoms with E-state index in [1.54, 1.807) is 20.8 Å². The Morgan fingerprint density at radius 1 is 1.35 bits per heavy atom. The van der Waals surface area contributed by atoms with Gasteiger partial charge in [0, 0.05) is 24.5 Å². The van der Waals surface area contributed by atoms with E-state index < -0.39 is 23.8 Å². The first-order chi connectivity index (χ1) is 12.2. The van der Waals surface area contributed by atoms with Crippen LogP contribution in [0.15, 0.2) is 0 Å². The van der Waals surface area contributed by atoms with Gasteiger partial charge in [-0.3, -0.25) is 4.79 Å². The number of hydrogen-bond donors (Lipinski definition) is 3. The lowest BCUT2D eigenvalue weighted by Gasteiger charge is -2.49. The minimum atomic E-state index is -0.773. The molecule has 2 amide bonds. The number of ether oxygens (including phenoxy) is 1. The van der Waals surface area contributed by atoms with Crippen molar-refractivity contribution in [1.82, 2.24) is 10.2 Å². The van der Waals surface area contributed by atoms with E-state index in [1.165, 1.54) is 0 Å². The number of piperidine rings is 1. The van der Waals surface area contributed by atoms with E-state index in [4.69, 9.17) is 4.74 Å². The van der Waals surface area contributed by atoms with E-state index in [0.29, 0.717) is 13.0 Å². The molecule has 7 heteroatoms. The van der Waals surface area contributed by atoms with Crippen LogP contribution in [0.25, 0.3) is 0 Å². The topological polar surface area (TPSA) is 99.1 Å². The van der Waals surface area contributed by atoms with E-state index in [9.17, 15) is 19.8 Å². The molecule has 0 aromatic rings. The minimum absolute atomic E-state index is 0.0149. The van der Waals surface area contributed by atoms with Crippen molar-refractivity contribution in [2.45, 2.75) is 83.6 Å². The highest BCUT2D eigenvalue weighted by Crippen LogP contribution is 2.37. The second-order valence-electron chi connectivity index (χ2n) is 8.54. The summed E-state index contributed by atoms with van der Waals surface area (Å²) in [4.78, 5) is 27.1. The molecule has 2 aliphatic heterocycles. The van der Waals surface area contributed by atoms with Crippen molar-refractivity contribution >= 4 is 12.0 Å². The number of carbonyl (C=O) groups is 2. The first-order valence-corrected chi connectivity index (χ1v) is 9.76. The maximum atomic E-state index is 13.1. The van der Waals surface area contributed by atoms with E-state index in [2.05, 4.69) is 12.2 Å². The summed E-state index contributed by atoms with van der Waals surface area (Å²) in [6.45, 7) is 7.86. The van der Waals surface area contributed by atoms with Crippen molar-refractivity contribution < 1.29 is 24.5 Å². The zero-order valence-corrected chi connectivity index (χ0v) is 16.4. The van der Waals surface area contributed by atoms with E-state index in [1.807, 2.05) is 4.90 Å². The standard InChI is InChI=1S/C19H34N2O5/c1-5-6-9-21-15-8-7-12(17(21)24)14(10-16(23)13(15)11-22)20-18(25)26-19(2,3)4/h12-16,22-23H,5-11H2,1-4H3,(H,20,25)/t12-,13-,14-,15+,16-/m1/s1. The molecular weight excluding hydrogens is 336 g/mol. The number of unbranched alkanes of at least 4 members (excludes halogenated alkanes) is 1. The largest absolute Gasteiger partial charge is 0.444 e. The van der Waals surface area contributed by atoms with Crippen LogP contribution in [0.5, 0.6) is 0 Å². The summed E-state index contributed by atoms with van der Waals surface area (Å²) in [7, 11) is 0. The number of rotatable bonds is 5. The number of amides is 2. The average Bonchev–Trinajstić information content (AvgIpc) is 2.51. The molecular formula is C19H34N2O5. The fraction of sp³-hybridized carbons (Fsp3) is 0.895. The molecule has 3 rings (SSSR count). The van der Waals surface area contributed by atoms with Gasteiger partial charge < -0.3 is 25.2 Å². The zero-order valence-electron chi connectivity index (χ0n) is 16.4. The summed E-state index contributed by atoms with van der Waals surface area (Å²) in [5, 5.41) is 23.3. The lowest BCUT2D eigenvalue weighted by Crippen LogP contribution is -2.62. The quantitative estimate of drug-likeness (QED) is 0.684. The summed E-state index contributed by atoms with van der Waals surface area (Å²) >= 11 is 0. The second-order valence-corrected chi connectivity index (χ2v) is 8.54. The molecule has 1 saturated carbocycles. The highest BCUT2D eigenvalue weighted by atomic mass is 16.6. The Hall–Kier alpha value is -1.34. The third-order valence-electron chi connectivity index (χ3n) is 5.41. The predicted molar refractivity (Wildman–Crippen MR) is 97.5 cm³/mol. The Balaban J connectivity index is 2.22. The van der Waals surface area contributed by atoms with Crippen LogP contribution in [-0.2, 0) is 9.53 Å². The minimum Gasteiger partial charge on any atom is -0.444 e. The summed E-state index contributed by atoms with van der Waals surface area (Å²) in [6.07, 6.45) is 2.13. The van der Waals surface area contributed by atoms with Crippen molar-refractivity contribution in [3.05, 3.63) is 0 Å². The first kappa shape index (κ1) is 21.0. The summed E-state index contributed by atoms with van der Waals surface area (Å²) < 4.78 is 5.33. The van der Waals surface area contributed by atoms with Crippen molar-refractivity contribution in [2.24, 2.45) is 11.8 Å². The second kappa shape index (κ2) is 8.57. The zero-order chi connectivity index (χ0) is 19.5. The van der Waals surface area contributed by atoms with Crippen LogP contribution in [0, 0.1) is 11.8 Å². The van der Waals surface area contributed by atoms with Crippen LogP contribution < -0.4 is 5.32 Å². The number of aliphatic hydroxyl groups excluding tert-OH is 2. The predicted octanol–water partition coefficient (Wildman–Crippen LogP) is 1.66. The molecule has 0 spiro atoms. The number of nitrogens with one attached hydrogen (secondary N) is 1. The van der Waals surface area contributed by atoms with Crippen molar-refractivity contribution in [3.8, 4) is 0 Å². The van der Waals surface area contributed by atoms with Gasteiger partial charge in [-0.25, -0.2) is 4.79 Å². The third-order valence-corrected chi connectivity index (χ3v) is 5.41. The van der Waals surface area contributed by atoms with Crippen molar-refractivity contribution in [1.29, 1.82) is 0 Å². The molecule has 150 valence electrons. The normalized spacial score (nSPS) is 32.2. The van der Waals surface area contributed by atoms with Gasteiger partial charge in [0.2, 0.25) is 5.91 Å². The molecule has 3 N–H and O–H groups in total. The van der Waals surface area contributed by atoms with Crippen LogP contribution in [-0.4, -0.2) is 64.1 Å². The van der Waals surface area contributed by atoms with Gasteiger partial charge in [-0.1, -0.05) is 13.3 Å². The van der Waals surface area contributed by atoms with Gasteiger partial charge in [0.25, 0.3) is 0 Å². The van der Waals surface area contributed by atoms with Gasteiger partial charge in [-0.15, -0.1) is 0 Å². The summed E-state index contributed by atoms with van der Waals surface area (Å²) in [5.41, 5.74) is -0.632. The summed E-state index contributed by atoms with van der Waals surface area (Å²) in [6, 6.07) is -0.625. The van der Waals surface area contributed by atoms with Crippen LogP contribution in [0.4, 0.5) is 4.79 Å². The lowest BCUT2D eigenvalue weighted by atomic mass is 9.73. The SMILES string of the molecule is CCCCN1C(=O)[C@@H]2CC[C@H]1[C@@H](CO)[C@H](O)C[C@H]2NC(=O)OC(C)(C)C. The van der Waals surface area contributed by atoms with Crippen LogP contribution in [0.3, 0.4) is 0 Å². The molecule has 0 radical (unpaired) electrons. The van der Waals surface area contributed by atoms with Gasteiger partial charge in [0.15, 0.2) is 0 Å². The number of hydrogen-bond acceptors (Lipinski definition) is 5. The molecule has 5 atom stereocenters. The number of carbonyl (C=O) groups excluding carboxylic acids is 2. The van der Waals surface area contributed by atoms with Gasteiger partial charge in [0.1, 0.15) is 5.60 Å². The molecule has 1 aliphatic carbocycles. The molecule has 26 heavy (non-hydrogen) atoms. The Kier molecular flexibility index (Phi) is 6.91. The van der Waals surface area contributed by atoms with Crippen molar-refractivity contribution in [3.63, 3.8) is 0 Å². The van der Waals surface area contributed by atoms with E-state index in [0.717, 1.165) is 19.3 Å². The molecule has 3 aliphatic rings. The highest BCUT2D eigenvalue weighted by molar-refractivity contribution is 5.82. The van der Waals surface area contributed by atoms with Gasteiger partial charge in [-0.05, 0) is 46.5 Å². The molecule has 0 unspecified atom stereocenters. The number of alkyl carbamates (subject to hydrolysis) is 1. The number of aliphatic hydroxyl groups is 2. The number of nitrogens with zero attached hydrogens (tertiary/aromatic N) is 1. The first-order valence-electron chi connectivity index (χ1n) is 9.76. The van der Waals surface area contributed by atoms with E-state index in [-0.39, 0.29) is 36.8 Å². The van der Waals surface area contributed by atoms with Gasteiger partial charge >= 0.3 is 6.09 Å². The van der Waals surface area contributed by atoms with Crippen LogP contribution in [0.2, 0.25) is 0 Å². The molecule has 0 aromatic heterocycles. The van der Waals surface area contributed by atoms with Gasteiger partial charge in [0.05, 0.1) is 18.6 Å². The molecule has 2 saturated heterocycles. The molecule has 2 bridgehead atoms. The van der Waals surface area contributed by atoms with Crippen LogP contribution >= 0.6 is 0 Å². The maximum absolute atomic E-state index is 13.1. The molecule has 7 nitrogen and oxygen atoms in total. The summed E-state index contributed by atoms with van der Waals surface area (Å²) in [5.74, 6) is -0.731. The Bertz CT molecular complexity index is 505. The fourth-order valence-electron chi connectivity index (χ4n) is 4.15. The van der Waals surface area contributed by atoms with Crippen LogP contribution in [0.1, 0.15) is 59.8 Å². The number of fused-ring (bicyclic) bond motifs is 5. The molecule has 2 heterocycles. The molecule has 0 aromatic carbocycles. The Morgan fingerprint density at radius 2 is 2.04 bits per heavy atom. The fourth-order valence-corrected chi connectivity index (χ4v) is 4.15. The Labute approximate surface area is 156 Å².